The zero-order valence-electron chi connectivity index (χ0n) is 7.87. The largest absolute Gasteiger partial charge is 0.466 e. The lowest BCUT2D eigenvalue weighted by Gasteiger charge is -2.10. The van der Waals surface area contributed by atoms with Gasteiger partial charge in [-0.05, 0) is 13.3 Å². The third-order valence-electron chi connectivity index (χ3n) is 1.97. The van der Waals surface area contributed by atoms with Gasteiger partial charge in [0.1, 0.15) is 0 Å². The van der Waals surface area contributed by atoms with Crippen LogP contribution in [0.15, 0.2) is 11.8 Å². The van der Waals surface area contributed by atoms with Gasteiger partial charge in [0.2, 0.25) is 5.91 Å². The van der Waals surface area contributed by atoms with Crippen LogP contribution in [-0.2, 0) is 14.3 Å². The molecule has 1 aliphatic heterocycles. The molecule has 0 aromatic heterocycles. The van der Waals surface area contributed by atoms with Crippen molar-refractivity contribution in [1.82, 2.24) is 4.90 Å². The first-order valence-electron chi connectivity index (χ1n) is 4.21. The molecule has 0 bridgehead atoms. The average molecular weight is 183 g/mol. The van der Waals surface area contributed by atoms with Gasteiger partial charge in [-0.2, -0.15) is 0 Å². The fraction of sp³-hybridized carbons (Fsp3) is 0.556. The van der Waals surface area contributed by atoms with Crippen LogP contribution in [0.1, 0.15) is 19.8 Å². The number of amides is 1. The van der Waals surface area contributed by atoms with E-state index in [1.807, 2.05) is 0 Å². The van der Waals surface area contributed by atoms with Crippen LogP contribution in [0.25, 0.3) is 0 Å². The molecular formula is C9H13NO3. The Morgan fingerprint density at radius 3 is 2.77 bits per heavy atom. The second kappa shape index (κ2) is 4.07. The molecule has 1 aliphatic rings. The molecule has 0 unspecified atom stereocenters. The molecule has 1 amide bonds. The zero-order chi connectivity index (χ0) is 9.84. The van der Waals surface area contributed by atoms with E-state index in [2.05, 4.69) is 4.74 Å². The van der Waals surface area contributed by atoms with Gasteiger partial charge in [0.05, 0.1) is 12.7 Å². The van der Waals surface area contributed by atoms with Crippen molar-refractivity contribution in [2.24, 2.45) is 0 Å². The summed E-state index contributed by atoms with van der Waals surface area (Å²) in [7, 11) is 1.32. The van der Waals surface area contributed by atoms with E-state index in [9.17, 15) is 9.59 Å². The number of esters is 1. The second-order valence-electron chi connectivity index (χ2n) is 2.99. The van der Waals surface area contributed by atoms with Gasteiger partial charge in [0.15, 0.2) is 0 Å². The minimum absolute atomic E-state index is 0.0725. The van der Waals surface area contributed by atoms with Crippen molar-refractivity contribution in [1.29, 1.82) is 0 Å². The quantitative estimate of drug-likeness (QED) is 0.467. The van der Waals surface area contributed by atoms with Gasteiger partial charge in [0.25, 0.3) is 0 Å². The Kier molecular flexibility index (Phi) is 3.06. The fourth-order valence-corrected chi connectivity index (χ4v) is 1.25. The van der Waals surface area contributed by atoms with Crippen molar-refractivity contribution in [2.45, 2.75) is 19.8 Å². The third-order valence-corrected chi connectivity index (χ3v) is 1.97. The lowest BCUT2D eigenvalue weighted by atomic mass is 10.3. The molecule has 13 heavy (non-hydrogen) atoms. The molecule has 0 spiro atoms. The van der Waals surface area contributed by atoms with E-state index in [0.717, 1.165) is 6.42 Å². The molecule has 0 aromatic carbocycles. The van der Waals surface area contributed by atoms with E-state index in [1.54, 1.807) is 18.0 Å². The van der Waals surface area contributed by atoms with Crippen LogP contribution in [0.5, 0.6) is 0 Å². The van der Waals surface area contributed by atoms with Crippen LogP contribution in [0, 0.1) is 0 Å². The fourth-order valence-electron chi connectivity index (χ4n) is 1.25. The highest BCUT2D eigenvalue weighted by atomic mass is 16.5. The molecule has 0 aliphatic carbocycles. The highest BCUT2D eigenvalue weighted by Gasteiger charge is 2.19. The molecule has 1 heterocycles. The Morgan fingerprint density at radius 2 is 2.31 bits per heavy atom. The molecule has 0 saturated carbocycles. The minimum Gasteiger partial charge on any atom is -0.466 e. The topological polar surface area (TPSA) is 46.6 Å². The first kappa shape index (κ1) is 9.77. The summed E-state index contributed by atoms with van der Waals surface area (Å²) in [5.41, 5.74) is 0.456. The molecular weight excluding hydrogens is 170 g/mol. The maximum absolute atomic E-state index is 11.1. The van der Waals surface area contributed by atoms with Crippen LogP contribution >= 0.6 is 0 Å². The molecule has 1 saturated heterocycles. The second-order valence-corrected chi connectivity index (χ2v) is 2.99. The predicted octanol–water partition coefficient (Wildman–Crippen LogP) is 0.686. The maximum atomic E-state index is 11.1. The Bertz CT molecular complexity index is 258. The van der Waals surface area contributed by atoms with Crippen LogP contribution < -0.4 is 0 Å². The van der Waals surface area contributed by atoms with Crippen LogP contribution in [-0.4, -0.2) is 30.4 Å². The van der Waals surface area contributed by atoms with Crippen molar-refractivity contribution in [3.63, 3.8) is 0 Å². The lowest BCUT2D eigenvalue weighted by molar-refractivity contribution is -0.136. The van der Waals surface area contributed by atoms with Crippen molar-refractivity contribution >= 4 is 11.9 Å². The van der Waals surface area contributed by atoms with E-state index in [0.29, 0.717) is 18.5 Å². The number of carbonyl (C=O) groups excluding carboxylic acids is 2. The van der Waals surface area contributed by atoms with E-state index < -0.39 is 0 Å². The summed E-state index contributed by atoms with van der Waals surface area (Å²) >= 11 is 0. The molecule has 0 radical (unpaired) electrons. The molecule has 4 nitrogen and oxygen atoms in total. The zero-order valence-corrected chi connectivity index (χ0v) is 7.87. The van der Waals surface area contributed by atoms with Crippen LogP contribution in [0.4, 0.5) is 0 Å². The minimum atomic E-state index is -0.389. The smallest absolute Gasteiger partial charge is 0.334 e. The SMILES string of the molecule is COC(=O)C(C)=CN1CCCC1=O. The van der Waals surface area contributed by atoms with Gasteiger partial charge in [-0.25, -0.2) is 4.79 Å². The van der Waals surface area contributed by atoms with Crippen molar-refractivity contribution in [3.8, 4) is 0 Å². The Balaban J connectivity index is 2.64. The molecule has 0 atom stereocenters. The summed E-state index contributed by atoms with van der Waals surface area (Å²) in [5, 5.41) is 0. The molecule has 0 aromatic rings. The van der Waals surface area contributed by atoms with Crippen molar-refractivity contribution in [3.05, 3.63) is 11.8 Å². The summed E-state index contributed by atoms with van der Waals surface area (Å²) in [5.74, 6) is -0.317. The molecule has 72 valence electrons. The first-order valence-corrected chi connectivity index (χ1v) is 4.21. The van der Waals surface area contributed by atoms with Crippen LogP contribution in [0.2, 0.25) is 0 Å². The van der Waals surface area contributed by atoms with E-state index in [1.165, 1.54) is 7.11 Å². The number of hydrogen-bond donors (Lipinski definition) is 0. The number of carbonyl (C=O) groups is 2. The molecule has 1 rings (SSSR count). The van der Waals surface area contributed by atoms with Gasteiger partial charge in [0, 0.05) is 19.2 Å². The predicted molar refractivity (Wildman–Crippen MR) is 46.7 cm³/mol. The number of hydrogen-bond acceptors (Lipinski definition) is 3. The van der Waals surface area contributed by atoms with Gasteiger partial charge >= 0.3 is 5.97 Å². The summed E-state index contributed by atoms with van der Waals surface area (Å²) in [6, 6.07) is 0. The molecule has 0 N–H and O–H groups in total. The van der Waals surface area contributed by atoms with E-state index in [-0.39, 0.29) is 11.9 Å². The summed E-state index contributed by atoms with van der Waals surface area (Å²) in [6.07, 6.45) is 3.00. The summed E-state index contributed by atoms with van der Waals surface area (Å²) in [4.78, 5) is 23.7. The molecule has 1 fully saturated rings. The number of methoxy groups -OCH3 is 1. The summed E-state index contributed by atoms with van der Waals surface area (Å²) in [6.45, 7) is 2.34. The van der Waals surface area contributed by atoms with Gasteiger partial charge in [-0.1, -0.05) is 0 Å². The van der Waals surface area contributed by atoms with E-state index in [4.69, 9.17) is 0 Å². The van der Waals surface area contributed by atoms with Gasteiger partial charge < -0.3 is 9.64 Å². The lowest BCUT2D eigenvalue weighted by Crippen LogP contribution is -2.19. The Morgan fingerprint density at radius 1 is 1.62 bits per heavy atom. The normalized spacial score (nSPS) is 17.8. The van der Waals surface area contributed by atoms with E-state index >= 15 is 0 Å². The summed E-state index contributed by atoms with van der Waals surface area (Å²) < 4.78 is 4.51. The third kappa shape index (κ3) is 2.31. The number of rotatable bonds is 2. The van der Waals surface area contributed by atoms with Crippen molar-refractivity contribution in [2.75, 3.05) is 13.7 Å². The monoisotopic (exact) mass is 183 g/mol. The first-order chi connectivity index (χ1) is 6.15. The number of ether oxygens (including phenoxy) is 1. The standard InChI is InChI=1S/C9H13NO3/c1-7(9(12)13-2)6-10-5-3-4-8(10)11/h6H,3-5H2,1-2H3. The Hall–Kier alpha value is -1.32. The Labute approximate surface area is 77.2 Å². The number of likely N-dealkylation sites (tertiary alicyclic amines) is 1. The number of nitrogens with zero attached hydrogens (tertiary/aromatic N) is 1. The average Bonchev–Trinajstić information content (AvgIpc) is 2.50. The van der Waals surface area contributed by atoms with Crippen LogP contribution in [0.3, 0.4) is 0 Å². The highest BCUT2D eigenvalue weighted by molar-refractivity contribution is 5.89. The molecule has 4 heteroatoms. The van der Waals surface area contributed by atoms with Gasteiger partial charge in [-0.3, -0.25) is 4.79 Å². The maximum Gasteiger partial charge on any atom is 0.334 e. The van der Waals surface area contributed by atoms with Crippen molar-refractivity contribution < 1.29 is 14.3 Å². The van der Waals surface area contributed by atoms with Gasteiger partial charge in [-0.15, -0.1) is 0 Å². The highest BCUT2D eigenvalue weighted by Crippen LogP contribution is 2.11.